The maximum absolute atomic E-state index is 12.2. The zero-order valence-corrected chi connectivity index (χ0v) is 12.7. The molecule has 1 aromatic rings. The average Bonchev–Trinajstić information content (AvgIpc) is 3.06. The zero-order valence-electron chi connectivity index (χ0n) is 12.7. The summed E-state index contributed by atoms with van der Waals surface area (Å²) in [5.41, 5.74) is 0.496. The van der Waals surface area contributed by atoms with E-state index < -0.39 is 11.0 Å². The predicted octanol–water partition coefficient (Wildman–Crippen LogP) is 2.19. The molecule has 1 unspecified atom stereocenters. The molecule has 1 amide bonds. The first-order valence-electron chi connectivity index (χ1n) is 7.90. The van der Waals surface area contributed by atoms with Gasteiger partial charge in [0.1, 0.15) is 0 Å². The maximum atomic E-state index is 12.2. The number of non-ortho nitro benzene ring substituents is 1. The fourth-order valence-corrected chi connectivity index (χ4v) is 2.96. The number of hydrogen-bond donors (Lipinski definition) is 1. The van der Waals surface area contributed by atoms with Crippen molar-refractivity contribution >= 4 is 17.5 Å². The Morgan fingerprint density at radius 1 is 1.30 bits per heavy atom. The van der Waals surface area contributed by atoms with Crippen molar-refractivity contribution in [1.82, 2.24) is 5.32 Å². The van der Waals surface area contributed by atoms with Gasteiger partial charge in [-0.3, -0.25) is 14.9 Å². The van der Waals surface area contributed by atoms with Crippen LogP contribution in [-0.4, -0.2) is 35.4 Å². The van der Waals surface area contributed by atoms with Gasteiger partial charge in [0, 0.05) is 23.7 Å². The highest BCUT2D eigenvalue weighted by Gasteiger charge is 2.30. The number of hydrogen-bond acceptors (Lipinski definition) is 5. The molecule has 0 saturated heterocycles. The van der Waals surface area contributed by atoms with Crippen molar-refractivity contribution < 1.29 is 14.5 Å². The van der Waals surface area contributed by atoms with E-state index in [0.717, 1.165) is 25.7 Å². The third kappa shape index (κ3) is 3.67. The Kier molecular flexibility index (Phi) is 4.55. The van der Waals surface area contributed by atoms with Crippen LogP contribution in [0.3, 0.4) is 0 Å². The first-order chi connectivity index (χ1) is 11.1. The minimum Gasteiger partial charge on any atom is -0.462 e. The topological polar surface area (TPSA) is 93.8 Å². The monoisotopic (exact) mass is 317 g/mol. The van der Waals surface area contributed by atoms with Crippen molar-refractivity contribution in [3.8, 4) is 0 Å². The number of rotatable bonds is 4. The van der Waals surface area contributed by atoms with Crippen LogP contribution in [0.5, 0.6) is 0 Å². The fraction of sp³-hybridized carbons (Fsp3) is 0.500. The van der Waals surface area contributed by atoms with E-state index in [4.69, 9.17) is 4.74 Å². The Morgan fingerprint density at radius 3 is 2.83 bits per heavy atom. The SMILES string of the molecule is O=C(NC1CCCCC1)C1CN=C(c2cccc([N+](=O)[O-])c2)O1. The van der Waals surface area contributed by atoms with Gasteiger partial charge in [-0.05, 0) is 18.9 Å². The molecular weight excluding hydrogens is 298 g/mol. The van der Waals surface area contributed by atoms with Crippen LogP contribution in [0.2, 0.25) is 0 Å². The van der Waals surface area contributed by atoms with E-state index in [9.17, 15) is 14.9 Å². The number of nitro groups is 1. The molecule has 1 N–H and O–H groups in total. The number of ether oxygens (including phenoxy) is 1. The highest BCUT2D eigenvalue weighted by molar-refractivity contribution is 5.98. The van der Waals surface area contributed by atoms with Crippen molar-refractivity contribution in [2.24, 2.45) is 4.99 Å². The molecule has 1 saturated carbocycles. The minimum atomic E-state index is -0.647. The molecule has 0 radical (unpaired) electrons. The predicted molar refractivity (Wildman–Crippen MR) is 84.4 cm³/mol. The summed E-state index contributed by atoms with van der Waals surface area (Å²) in [4.78, 5) is 26.8. The second kappa shape index (κ2) is 6.76. The molecule has 7 nitrogen and oxygen atoms in total. The summed E-state index contributed by atoms with van der Waals surface area (Å²) in [6.07, 6.45) is 4.89. The van der Waals surface area contributed by atoms with E-state index in [2.05, 4.69) is 10.3 Å². The Bertz CT molecular complexity index is 638. The van der Waals surface area contributed by atoms with Crippen molar-refractivity contribution in [2.45, 2.75) is 44.2 Å². The van der Waals surface area contributed by atoms with Crippen LogP contribution in [0.15, 0.2) is 29.3 Å². The van der Waals surface area contributed by atoms with Gasteiger partial charge >= 0.3 is 0 Å². The number of aliphatic imine (C=N–C) groups is 1. The van der Waals surface area contributed by atoms with Crippen LogP contribution in [0.1, 0.15) is 37.7 Å². The largest absolute Gasteiger partial charge is 0.462 e. The molecule has 3 rings (SSSR count). The highest BCUT2D eigenvalue weighted by atomic mass is 16.6. The van der Waals surface area contributed by atoms with Crippen LogP contribution < -0.4 is 5.32 Å². The van der Waals surface area contributed by atoms with E-state index in [1.165, 1.54) is 18.6 Å². The first-order valence-corrected chi connectivity index (χ1v) is 7.90. The lowest BCUT2D eigenvalue weighted by atomic mass is 9.95. The van der Waals surface area contributed by atoms with Gasteiger partial charge in [-0.25, -0.2) is 4.99 Å². The number of nitrogens with zero attached hydrogens (tertiary/aromatic N) is 2. The van der Waals surface area contributed by atoms with Gasteiger partial charge in [-0.1, -0.05) is 25.3 Å². The third-order valence-corrected chi connectivity index (χ3v) is 4.20. The quantitative estimate of drug-likeness (QED) is 0.680. The third-order valence-electron chi connectivity index (χ3n) is 4.20. The number of carbonyl (C=O) groups excluding carboxylic acids is 1. The fourth-order valence-electron chi connectivity index (χ4n) is 2.96. The summed E-state index contributed by atoms with van der Waals surface area (Å²) < 4.78 is 5.60. The summed E-state index contributed by atoms with van der Waals surface area (Å²) in [6, 6.07) is 6.30. The molecular formula is C16H19N3O4. The van der Waals surface area contributed by atoms with Gasteiger partial charge in [-0.2, -0.15) is 0 Å². The van der Waals surface area contributed by atoms with Gasteiger partial charge in [0.15, 0.2) is 6.10 Å². The van der Waals surface area contributed by atoms with E-state index in [-0.39, 0.29) is 30.1 Å². The van der Waals surface area contributed by atoms with Crippen molar-refractivity contribution in [3.05, 3.63) is 39.9 Å². The lowest BCUT2D eigenvalue weighted by molar-refractivity contribution is -0.384. The van der Waals surface area contributed by atoms with Gasteiger partial charge in [0.25, 0.3) is 11.6 Å². The molecule has 0 aromatic heterocycles. The molecule has 0 bridgehead atoms. The van der Waals surface area contributed by atoms with Gasteiger partial charge in [0.2, 0.25) is 5.90 Å². The summed E-state index contributed by atoms with van der Waals surface area (Å²) in [5, 5.41) is 13.8. The zero-order chi connectivity index (χ0) is 16.2. The van der Waals surface area contributed by atoms with Crippen molar-refractivity contribution in [1.29, 1.82) is 0 Å². The van der Waals surface area contributed by atoms with E-state index in [0.29, 0.717) is 5.56 Å². The molecule has 0 spiro atoms. The van der Waals surface area contributed by atoms with Crippen LogP contribution >= 0.6 is 0 Å². The summed E-state index contributed by atoms with van der Waals surface area (Å²) in [7, 11) is 0. The Morgan fingerprint density at radius 2 is 2.09 bits per heavy atom. The summed E-state index contributed by atoms with van der Waals surface area (Å²) in [5.74, 6) is 0.138. The Labute approximate surface area is 133 Å². The minimum absolute atomic E-state index is 0.0242. The van der Waals surface area contributed by atoms with Crippen molar-refractivity contribution in [2.75, 3.05) is 6.54 Å². The Balaban J connectivity index is 1.60. The van der Waals surface area contributed by atoms with Crippen LogP contribution in [0.4, 0.5) is 5.69 Å². The molecule has 1 aliphatic carbocycles. The lowest BCUT2D eigenvalue weighted by Crippen LogP contribution is -2.43. The van der Waals surface area contributed by atoms with Gasteiger partial charge in [-0.15, -0.1) is 0 Å². The van der Waals surface area contributed by atoms with Gasteiger partial charge < -0.3 is 10.1 Å². The van der Waals surface area contributed by atoms with E-state index >= 15 is 0 Å². The number of carbonyl (C=O) groups is 1. The van der Waals surface area contributed by atoms with Crippen LogP contribution in [-0.2, 0) is 9.53 Å². The van der Waals surface area contributed by atoms with E-state index in [1.54, 1.807) is 12.1 Å². The Hall–Kier alpha value is -2.44. The molecule has 1 heterocycles. The van der Waals surface area contributed by atoms with E-state index in [1.807, 2.05) is 0 Å². The highest BCUT2D eigenvalue weighted by Crippen LogP contribution is 2.20. The number of nitro benzene ring substituents is 1. The standard InChI is InChI=1S/C16H19N3O4/c20-15(18-12-6-2-1-3-7-12)14-10-17-16(23-14)11-5-4-8-13(9-11)19(21)22/h4-5,8-9,12,14H,1-3,6-7,10H2,(H,18,20). The maximum Gasteiger partial charge on any atom is 0.270 e. The molecule has 1 atom stereocenters. The molecule has 1 aliphatic heterocycles. The molecule has 1 aromatic carbocycles. The van der Waals surface area contributed by atoms with Crippen molar-refractivity contribution in [3.63, 3.8) is 0 Å². The smallest absolute Gasteiger partial charge is 0.270 e. The summed E-state index contributed by atoms with van der Waals surface area (Å²) in [6.45, 7) is 0.247. The molecule has 2 aliphatic rings. The number of benzene rings is 1. The normalized spacial score (nSPS) is 21.4. The average molecular weight is 317 g/mol. The number of nitrogens with one attached hydrogen (secondary N) is 1. The molecule has 1 fully saturated rings. The number of amides is 1. The molecule has 7 heteroatoms. The lowest BCUT2D eigenvalue weighted by Gasteiger charge is -2.24. The second-order valence-corrected chi connectivity index (χ2v) is 5.90. The molecule has 122 valence electrons. The molecule has 23 heavy (non-hydrogen) atoms. The van der Waals surface area contributed by atoms with Crippen LogP contribution in [0, 0.1) is 10.1 Å². The summed E-state index contributed by atoms with van der Waals surface area (Å²) >= 11 is 0. The first kappa shape index (κ1) is 15.5. The van der Waals surface area contributed by atoms with Gasteiger partial charge in [0.05, 0.1) is 11.5 Å². The van der Waals surface area contributed by atoms with Crippen LogP contribution in [0.25, 0.3) is 0 Å². The second-order valence-electron chi connectivity index (χ2n) is 5.90.